The van der Waals surface area contributed by atoms with Gasteiger partial charge in [0.1, 0.15) is 11.2 Å². The molecule has 3 nitrogen and oxygen atoms in total. The minimum atomic E-state index is 0.903. The Kier molecular flexibility index (Phi) is 8.83. The topological polar surface area (TPSA) is 21.3 Å². The molecule has 12 aromatic rings. The largest absolute Gasteiger partial charge is 0.456 e. The van der Waals surface area contributed by atoms with Crippen LogP contribution in [0.4, 0.5) is 17.1 Å². The molecule has 0 aliphatic heterocycles. The van der Waals surface area contributed by atoms with Crippen LogP contribution >= 0.6 is 0 Å². The van der Waals surface area contributed by atoms with E-state index in [1.807, 2.05) is 12.1 Å². The van der Waals surface area contributed by atoms with E-state index in [4.69, 9.17) is 4.42 Å². The Morgan fingerprint density at radius 3 is 1.27 bits per heavy atom. The second-order valence-corrected chi connectivity index (χ2v) is 16.2. The molecular weight excluding hydrogens is 765 g/mol. The summed E-state index contributed by atoms with van der Waals surface area (Å²) in [4.78, 5) is 2.35. The summed E-state index contributed by atoms with van der Waals surface area (Å²) in [6, 6.07) is 87.2. The highest BCUT2D eigenvalue weighted by molar-refractivity contribution is 6.09. The number of aromatic nitrogens is 1. The fourth-order valence-corrected chi connectivity index (χ4v) is 9.30. The van der Waals surface area contributed by atoms with Gasteiger partial charge in [-0.15, -0.1) is 0 Å². The molecule has 0 fully saturated rings. The number of anilines is 3. The average molecular weight is 805 g/mol. The summed E-state index contributed by atoms with van der Waals surface area (Å²) in [6.45, 7) is 0. The zero-order valence-corrected chi connectivity index (χ0v) is 34.4. The van der Waals surface area contributed by atoms with Crippen LogP contribution in [0.25, 0.3) is 93.9 Å². The molecule has 12 rings (SSSR count). The van der Waals surface area contributed by atoms with Gasteiger partial charge in [-0.2, -0.15) is 0 Å². The highest BCUT2D eigenvalue weighted by Gasteiger charge is 2.16. The molecule has 0 aliphatic carbocycles. The van der Waals surface area contributed by atoms with Crippen molar-refractivity contribution in [3.05, 3.63) is 243 Å². The molecule has 2 aromatic heterocycles. The molecule has 0 amide bonds. The summed E-state index contributed by atoms with van der Waals surface area (Å²) in [5, 5.41) is 4.79. The lowest BCUT2D eigenvalue weighted by atomic mass is 9.98. The molecule has 0 atom stereocenters. The van der Waals surface area contributed by atoms with Gasteiger partial charge in [0.2, 0.25) is 0 Å². The molecule has 0 saturated carbocycles. The number of nitrogens with zero attached hydrogens (tertiary/aromatic N) is 2. The van der Waals surface area contributed by atoms with Crippen LogP contribution in [0.15, 0.2) is 247 Å². The van der Waals surface area contributed by atoms with E-state index in [0.29, 0.717) is 0 Å². The highest BCUT2D eigenvalue weighted by Crippen LogP contribution is 2.40. The molecule has 0 radical (unpaired) electrons. The van der Waals surface area contributed by atoms with Crippen LogP contribution < -0.4 is 4.90 Å². The second kappa shape index (κ2) is 15.3. The van der Waals surface area contributed by atoms with Gasteiger partial charge in [0.25, 0.3) is 0 Å². The van der Waals surface area contributed by atoms with Gasteiger partial charge in [-0.05, 0) is 129 Å². The molecule has 63 heavy (non-hydrogen) atoms. The molecule has 0 aliphatic rings. The third-order valence-electron chi connectivity index (χ3n) is 12.4. The second-order valence-electron chi connectivity index (χ2n) is 16.2. The van der Waals surface area contributed by atoms with Crippen molar-refractivity contribution in [2.75, 3.05) is 4.90 Å². The first-order valence-corrected chi connectivity index (χ1v) is 21.5. The van der Waals surface area contributed by atoms with Gasteiger partial charge in [-0.3, -0.25) is 0 Å². The Morgan fingerprint density at radius 1 is 0.270 bits per heavy atom. The molecule has 0 bridgehead atoms. The quantitative estimate of drug-likeness (QED) is 0.153. The predicted octanol–water partition coefficient (Wildman–Crippen LogP) is 16.8. The van der Waals surface area contributed by atoms with Crippen LogP contribution in [-0.4, -0.2) is 4.57 Å². The van der Waals surface area contributed by atoms with Crippen molar-refractivity contribution in [3.63, 3.8) is 0 Å². The summed E-state index contributed by atoms with van der Waals surface area (Å²) in [6.07, 6.45) is 0. The van der Waals surface area contributed by atoms with Crippen LogP contribution in [0.3, 0.4) is 0 Å². The van der Waals surface area contributed by atoms with Crippen molar-refractivity contribution in [1.29, 1.82) is 0 Å². The third-order valence-corrected chi connectivity index (χ3v) is 12.4. The Bertz CT molecular complexity index is 3550. The van der Waals surface area contributed by atoms with E-state index < -0.39 is 0 Å². The normalized spacial score (nSPS) is 11.5. The van der Waals surface area contributed by atoms with Gasteiger partial charge in [-0.25, -0.2) is 0 Å². The lowest BCUT2D eigenvalue weighted by molar-refractivity contribution is 0.669. The maximum absolute atomic E-state index is 6.14. The van der Waals surface area contributed by atoms with Gasteiger partial charge >= 0.3 is 0 Å². The van der Waals surface area contributed by atoms with Gasteiger partial charge in [0, 0.05) is 44.3 Å². The molecule has 2 heterocycles. The Balaban J connectivity index is 0.910. The molecule has 0 N–H and O–H groups in total. The van der Waals surface area contributed by atoms with E-state index in [1.54, 1.807) is 0 Å². The molecule has 3 heteroatoms. The van der Waals surface area contributed by atoms with Gasteiger partial charge in [0.05, 0.1) is 11.0 Å². The predicted molar refractivity (Wildman–Crippen MR) is 264 cm³/mol. The number of furan rings is 1. The Labute approximate surface area is 366 Å². The monoisotopic (exact) mass is 804 g/mol. The summed E-state index contributed by atoms with van der Waals surface area (Å²) in [5.74, 6) is 0. The van der Waals surface area contributed by atoms with Crippen LogP contribution in [0.5, 0.6) is 0 Å². The Morgan fingerprint density at radius 2 is 0.683 bits per heavy atom. The average Bonchev–Trinajstić information content (AvgIpc) is 3.91. The van der Waals surface area contributed by atoms with Crippen LogP contribution in [0.1, 0.15) is 0 Å². The number of benzene rings is 10. The zero-order chi connectivity index (χ0) is 41.7. The van der Waals surface area contributed by atoms with Crippen molar-refractivity contribution in [1.82, 2.24) is 4.57 Å². The Hall–Kier alpha value is -8.40. The fraction of sp³-hybridized carbons (Fsp3) is 0. The molecule has 10 aromatic carbocycles. The highest BCUT2D eigenvalue weighted by atomic mass is 16.3. The SMILES string of the molecule is c1ccc(-c2cccc(-c3ccc(N(c4ccc(-c5cccc(-n6c7ccccc7c7ccccc76)c5)cc4)c4ccc(-c5ccc6oc7ccccc7c6c5)cc4)cc3)c2)cc1. The zero-order valence-electron chi connectivity index (χ0n) is 34.4. The van der Waals surface area contributed by atoms with E-state index >= 15 is 0 Å². The third kappa shape index (κ3) is 6.55. The molecule has 0 unspecified atom stereocenters. The number of rotatable bonds is 8. The number of para-hydroxylation sites is 3. The minimum absolute atomic E-state index is 0.903. The molecule has 0 saturated heterocycles. The molecular formula is C60H40N2O. The van der Waals surface area contributed by atoms with E-state index in [2.05, 4.69) is 240 Å². The number of hydrogen-bond acceptors (Lipinski definition) is 2. The first kappa shape index (κ1) is 36.5. The van der Waals surface area contributed by atoms with E-state index in [1.165, 1.54) is 49.6 Å². The van der Waals surface area contributed by atoms with Crippen molar-refractivity contribution >= 4 is 60.8 Å². The lowest BCUT2D eigenvalue weighted by Gasteiger charge is -2.26. The standard InChI is InChI=1S/C60H40N2O/c1-2-12-41(13-3-1)45-14-10-15-46(38-45)42-24-31-49(32-25-42)61(51-35-28-44(29-36-51)48-30-37-60-56(40-48)55-20-6-9-23-59(55)63-60)50-33-26-43(27-34-50)47-16-11-17-52(39-47)62-57-21-7-4-18-53(57)54-19-5-8-22-58(54)62/h1-40H. The van der Waals surface area contributed by atoms with E-state index in [-0.39, 0.29) is 0 Å². The van der Waals surface area contributed by atoms with E-state index in [9.17, 15) is 0 Å². The van der Waals surface area contributed by atoms with E-state index in [0.717, 1.165) is 61.4 Å². The van der Waals surface area contributed by atoms with Gasteiger partial charge in [-0.1, -0.05) is 158 Å². The summed E-state index contributed by atoms with van der Waals surface area (Å²) in [7, 11) is 0. The van der Waals surface area contributed by atoms with Crippen LogP contribution in [0.2, 0.25) is 0 Å². The smallest absolute Gasteiger partial charge is 0.135 e. The summed E-state index contributed by atoms with van der Waals surface area (Å²) < 4.78 is 8.52. The van der Waals surface area contributed by atoms with Crippen LogP contribution in [0, 0.1) is 0 Å². The lowest BCUT2D eigenvalue weighted by Crippen LogP contribution is -2.09. The van der Waals surface area contributed by atoms with Crippen molar-refractivity contribution < 1.29 is 4.42 Å². The first-order valence-electron chi connectivity index (χ1n) is 21.5. The van der Waals surface area contributed by atoms with Crippen LogP contribution in [-0.2, 0) is 0 Å². The summed E-state index contributed by atoms with van der Waals surface area (Å²) >= 11 is 0. The van der Waals surface area contributed by atoms with Gasteiger partial charge < -0.3 is 13.9 Å². The van der Waals surface area contributed by atoms with Crippen molar-refractivity contribution in [2.45, 2.75) is 0 Å². The first-order chi connectivity index (χ1) is 31.2. The minimum Gasteiger partial charge on any atom is -0.456 e. The molecule has 0 spiro atoms. The maximum Gasteiger partial charge on any atom is 0.135 e. The maximum atomic E-state index is 6.14. The van der Waals surface area contributed by atoms with Crippen molar-refractivity contribution in [3.8, 4) is 50.2 Å². The number of fused-ring (bicyclic) bond motifs is 6. The van der Waals surface area contributed by atoms with Crippen molar-refractivity contribution in [2.24, 2.45) is 0 Å². The molecule has 296 valence electrons. The number of hydrogen-bond donors (Lipinski definition) is 0. The summed E-state index contributed by atoms with van der Waals surface area (Å²) in [5.41, 5.74) is 18.0. The van der Waals surface area contributed by atoms with Gasteiger partial charge in [0.15, 0.2) is 0 Å². The fourth-order valence-electron chi connectivity index (χ4n) is 9.30.